The van der Waals surface area contributed by atoms with Gasteiger partial charge in [0.05, 0.1) is 0 Å². The van der Waals surface area contributed by atoms with E-state index in [1.807, 2.05) is 19.1 Å². The smallest absolute Gasteiger partial charge is 0.322 e. The van der Waals surface area contributed by atoms with Crippen molar-refractivity contribution in [1.82, 2.24) is 9.88 Å². The second-order valence-electron chi connectivity index (χ2n) is 3.04. The van der Waals surface area contributed by atoms with E-state index < -0.39 is 0 Å². The molecule has 0 spiro atoms. The van der Waals surface area contributed by atoms with E-state index in [-0.39, 0.29) is 6.03 Å². The van der Waals surface area contributed by atoms with Gasteiger partial charge in [0, 0.05) is 20.3 Å². The van der Waals surface area contributed by atoms with Crippen LogP contribution in [0.25, 0.3) is 0 Å². The molecule has 1 N–H and O–H groups in total. The molecular formula is C9H13N3O. The van der Waals surface area contributed by atoms with Gasteiger partial charge in [-0.3, -0.25) is 5.32 Å². The Balaban J connectivity index is 2.69. The third-order valence-corrected chi connectivity index (χ3v) is 1.56. The first kappa shape index (κ1) is 9.51. The van der Waals surface area contributed by atoms with Gasteiger partial charge in [-0.2, -0.15) is 0 Å². The third-order valence-electron chi connectivity index (χ3n) is 1.56. The van der Waals surface area contributed by atoms with Gasteiger partial charge in [-0.05, 0) is 24.6 Å². The number of nitrogens with one attached hydrogen (secondary N) is 1. The molecule has 1 heterocycles. The SMILES string of the molecule is Cc1ccnc(NC(=O)N(C)C)c1. The van der Waals surface area contributed by atoms with Crippen molar-refractivity contribution < 1.29 is 4.79 Å². The number of amides is 2. The van der Waals surface area contributed by atoms with Crippen LogP contribution < -0.4 is 5.32 Å². The van der Waals surface area contributed by atoms with E-state index in [1.54, 1.807) is 20.3 Å². The molecule has 70 valence electrons. The average Bonchev–Trinajstić information content (AvgIpc) is 2.04. The van der Waals surface area contributed by atoms with Crippen LogP contribution in [-0.4, -0.2) is 30.0 Å². The highest BCUT2D eigenvalue weighted by molar-refractivity contribution is 5.87. The Morgan fingerprint density at radius 2 is 2.23 bits per heavy atom. The molecule has 0 fully saturated rings. The lowest BCUT2D eigenvalue weighted by atomic mass is 10.3. The number of anilines is 1. The topological polar surface area (TPSA) is 45.2 Å². The fourth-order valence-electron chi connectivity index (χ4n) is 0.826. The number of carbonyl (C=O) groups is 1. The molecule has 4 nitrogen and oxygen atoms in total. The summed E-state index contributed by atoms with van der Waals surface area (Å²) in [6.45, 7) is 1.95. The van der Waals surface area contributed by atoms with Crippen LogP contribution in [0.4, 0.5) is 10.6 Å². The van der Waals surface area contributed by atoms with Gasteiger partial charge in [0.1, 0.15) is 5.82 Å². The van der Waals surface area contributed by atoms with Crippen molar-refractivity contribution in [2.45, 2.75) is 6.92 Å². The lowest BCUT2D eigenvalue weighted by Crippen LogP contribution is -2.27. The monoisotopic (exact) mass is 179 g/mol. The maximum atomic E-state index is 11.2. The predicted molar refractivity (Wildman–Crippen MR) is 51.7 cm³/mol. The van der Waals surface area contributed by atoms with E-state index in [1.165, 1.54) is 4.90 Å². The normalized spacial score (nSPS) is 9.46. The molecule has 0 aliphatic carbocycles. The summed E-state index contributed by atoms with van der Waals surface area (Å²) in [4.78, 5) is 16.7. The lowest BCUT2D eigenvalue weighted by Gasteiger charge is -2.11. The van der Waals surface area contributed by atoms with Crippen molar-refractivity contribution in [3.63, 3.8) is 0 Å². The molecule has 0 saturated heterocycles. The van der Waals surface area contributed by atoms with Crippen molar-refractivity contribution in [2.75, 3.05) is 19.4 Å². The number of hydrogen-bond donors (Lipinski definition) is 1. The van der Waals surface area contributed by atoms with E-state index in [9.17, 15) is 4.79 Å². The summed E-state index contributed by atoms with van der Waals surface area (Å²) in [7, 11) is 3.37. The number of pyridine rings is 1. The van der Waals surface area contributed by atoms with Crippen LogP contribution in [-0.2, 0) is 0 Å². The highest BCUT2D eigenvalue weighted by Crippen LogP contribution is 2.05. The standard InChI is InChI=1S/C9H13N3O/c1-7-4-5-10-8(6-7)11-9(13)12(2)3/h4-6H,1-3H3,(H,10,11,13). The summed E-state index contributed by atoms with van der Waals surface area (Å²) in [6, 6.07) is 3.53. The van der Waals surface area contributed by atoms with E-state index >= 15 is 0 Å². The van der Waals surface area contributed by atoms with Crippen LogP contribution in [0.5, 0.6) is 0 Å². The minimum Gasteiger partial charge on any atom is -0.331 e. The maximum absolute atomic E-state index is 11.2. The molecular weight excluding hydrogens is 166 g/mol. The first-order valence-corrected chi connectivity index (χ1v) is 4.00. The predicted octanol–water partition coefficient (Wildman–Crippen LogP) is 1.48. The van der Waals surface area contributed by atoms with E-state index in [0.29, 0.717) is 5.82 Å². The number of urea groups is 1. The quantitative estimate of drug-likeness (QED) is 0.709. The highest BCUT2D eigenvalue weighted by atomic mass is 16.2. The molecule has 0 atom stereocenters. The second-order valence-corrected chi connectivity index (χ2v) is 3.04. The Kier molecular flexibility index (Phi) is 2.84. The van der Waals surface area contributed by atoms with Gasteiger partial charge in [-0.1, -0.05) is 0 Å². The second kappa shape index (κ2) is 3.89. The molecule has 4 heteroatoms. The average molecular weight is 179 g/mol. The van der Waals surface area contributed by atoms with Crippen molar-refractivity contribution in [1.29, 1.82) is 0 Å². The fourth-order valence-corrected chi connectivity index (χ4v) is 0.826. The van der Waals surface area contributed by atoms with E-state index in [4.69, 9.17) is 0 Å². The van der Waals surface area contributed by atoms with Gasteiger partial charge >= 0.3 is 6.03 Å². The number of hydrogen-bond acceptors (Lipinski definition) is 2. The number of nitrogens with zero attached hydrogens (tertiary/aromatic N) is 2. The van der Waals surface area contributed by atoms with Crippen LogP contribution in [0.15, 0.2) is 18.3 Å². The molecule has 0 aliphatic heterocycles. The molecule has 0 unspecified atom stereocenters. The Labute approximate surface area is 77.6 Å². The van der Waals surface area contributed by atoms with Gasteiger partial charge in [-0.25, -0.2) is 9.78 Å². The summed E-state index contributed by atoms with van der Waals surface area (Å²) in [5, 5.41) is 2.66. The summed E-state index contributed by atoms with van der Waals surface area (Å²) in [5.74, 6) is 0.582. The summed E-state index contributed by atoms with van der Waals surface area (Å²) in [5.41, 5.74) is 1.07. The number of aromatic nitrogens is 1. The molecule has 2 amide bonds. The van der Waals surface area contributed by atoms with Crippen molar-refractivity contribution in [3.8, 4) is 0 Å². The van der Waals surface area contributed by atoms with E-state index in [0.717, 1.165) is 5.56 Å². The zero-order valence-corrected chi connectivity index (χ0v) is 8.03. The van der Waals surface area contributed by atoms with Gasteiger partial charge in [0.25, 0.3) is 0 Å². The van der Waals surface area contributed by atoms with Crippen LogP contribution in [0.3, 0.4) is 0 Å². The number of carbonyl (C=O) groups excluding carboxylic acids is 1. The lowest BCUT2D eigenvalue weighted by molar-refractivity contribution is 0.230. The van der Waals surface area contributed by atoms with Gasteiger partial charge in [0.15, 0.2) is 0 Å². The molecule has 0 bridgehead atoms. The molecule has 1 aromatic rings. The molecule has 0 saturated carbocycles. The fraction of sp³-hybridized carbons (Fsp3) is 0.333. The van der Waals surface area contributed by atoms with Crippen molar-refractivity contribution in [3.05, 3.63) is 23.9 Å². The van der Waals surface area contributed by atoms with Crippen LogP contribution in [0.1, 0.15) is 5.56 Å². The molecule has 13 heavy (non-hydrogen) atoms. The number of rotatable bonds is 1. The van der Waals surface area contributed by atoms with Crippen molar-refractivity contribution >= 4 is 11.8 Å². The molecule has 1 aromatic heterocycles. The molecule has 0 aliphatic rings. The Morgan fingerprint density at radius 3 is 2.77 bits per heavy atom. The van der Waals surface area contributed by atoms with Crippen LogP contribution in [0.2, 0.25) is 0 Å². The minimum atomic E-state index is -0.168. The molecule has 0 radical (unpaired) electrons. The summed E-state index contributed by atoms with van der Waals surface area (Å²) < 4.78 is 0. The van der Waals surface area contributed by atoms with Crippen molar-refractivity contribution in [2.24, 2.45) is 0 Å². The largest absolute Gasteiger partial charge is 0.331 e. The van der Waals surface area contributed by atoms with Gasteiger partial charge < -0.3 is 4.90 Å². The Hall–Kier alpha value is -1.58. The van der Waals surface area contributed by atoms with E-state index in [2.05, 4.69) is 10.3 Å². The third kappa shape index (κ3) is 2.74. The first-order chi connectivity index (χ1) is 6.09. The zero-order valence-electron chi connectivity index (χ0n) is 8.03. The molecule has 1 rings (SSSR count). The van der Waals surface area contributed by atoms with Gasteiger partial charge in [0.2, 0.25) is 0 Å². The highest BCUT2D eigenvalue weighted by Gasteiger charge is 2.03. The van der Waals surface area contributed by atoms with Crippen LogP contribution >= 0.6 is 0 Å². The first-order valence-electron chi connectivity index (χ1n) is 4.00. The Morgan fingerprint density at radius 1 is 1.54 bits per heavy atom. The number of aryl methyl sites for hydroxylation is 1. The Bertz CT molecular complexity index is 309. The molecule has 0 aromatic carbocycles. The zero-order chi connectivity index (χ0) is 9.84. The van der Waals surface area contributed by atoms with Crippen LogP contribution in [0, 0.1) is 6.92 Å². The minimum absolute atomic E-state index is 0.168. The summed E-state index contributed by atoms with van der Waals surface area (Å²) >= 11 is 0. The van der Waals surface area contributed by atoms with Gasteiger partial charge in [-0.15, -0.1) is 0 Å². The summed E-state index contributed by atoms with van der Waals surface area (Å²) in [6.07, 6.45) is 1.67. The maximum Gasteiger partial charge on any atom is 0.322 e.